The van der Waals surface area contributed by atoms with Crippen molar-refractivity contribution in [3.63, 3.8) is 0 Å². The monoisotopic (exact) mass is 252 g/mol. The van der Waals surface area contributed by atoms with Gasteiger partial charge < -0.3 is 15.3 Å². The van der Waals surface area contributed by atoms with Crippen LogP contribution in [0.25, 0.3) is 0 Å². The molecule has 3 nitrogen and oxygen atoms in total. The first kappa shape index (κ1) is 12.6. The molecule has 0 aromatic carbocycles. The third kappa shape index (κ3) is 1.25. The number of hydrogen-bond acceptors (Lipinski definition) is 3. The summed E-state index contributed by atoms with van der Waals surface area (Å²) in [6.45, 7) is 9.94. The fraction of sp³-hybridized carbons (Fsp3) is 0.867. The zero-order valence-corrected chi connectivity index (χ0v) is 11.4. The summed E-state index contributed by atoms with van der Waals surface area (Å²) in [7, 11) is 0. The molecule has 18 heavy (non-hydrogen) atoms. The standard InChI is InChI=1S/C15H24O3/c1-7-9-12(16)10-8(14(2,3)18)5-6-15(7,4)11(10)13(9)17/h8-13,16-18H,1,5-6H2,2-4H3/t8-,9-,10-,11+,12-,13+,15-/m0/s1. The van der Waals surface area contributed by atoms with Crippen molar-refractivity contribution in [3.05, 3.63) is 12.2 Å². The molecular formula is C15H24O3. The summed E-state index contributed by atoms with van der Waals surface area (Å²) in [5.74, 6) is -0.0436. The molecular weight excluding hydrogens is 228 g/mol. The second kappa shape index (κ2) is 3.38. The van der Waals surface area contributed by atoms with Gasteiger partial charge in [-0.25, -0.2) is 0 Å². The van der Waals surface area contributed by atoms with Crippen LogP contribution in [0.15, 0.2) is 12.2 Å². The average molecular weight is 252 g/mol. The smallest absolute Gasteiger partial charge is 0.0670 e. The van der Waals surface area contributed by atoms with E-state index in [4.69, 9.17) is 0 Å². The van der Waals surface area contributed by atoms with Gasteiger partial charge in [-0.05, 0) is 43.9 Å². The van der Waals surface area contributed by atoms with Gasteiger partial charge in [-0.2, -0.15) is 0 Å². The van der Waals surface area contributed by atoms with Gasteiger partial charge in [0.15, 0.2) is 0 Å². The minimum Gasteiger partial charge on any atom is -0.392 e. The van der Waals surface area contributed by atoms with Gasteiger partial charge in [0.05, 0.1) is 17.8 Å². The van der Waals surface area contributed by atoms with Crippen LogP contribution in [-0.2, 0) is 0 Å². The Kier molecular flexibility index (Phi) is 2.38. The summed E-state index contributed by atoms with van der Waals surface area (Å²) in [5, 5.41) is 31.2. The number of hydrogen-bond donors (Lipinski definition) is 3. The van der Waals surface area contributed by atoms with Crippen molar-refractivity contribution in [2.45, 2.75) is 51.4 Å². The second-order valence-electron chi connectivity index (χ2n) is 7.35. The first-order chi connectivity index (χ1) is 8.19. The van der Waals surface area contributed by atoms with Gasteiger partial charge in [-0.1, -0.05) is 19.1 Å². The predicted octanol–water partition coefficient (Wildman–Crippen LogP) is 1.33. The van der Waals surface area contributed by atoms with Crippen molar-refractivity contribution in [2.75, 3.05) is 0 Å². The molecule has 3 N–H and O–H groups in total. The Labute approximate surface area is 109 Å². The van der Waals surface area contributed by atoms with E-state index in [0.717, 1.165) is 18.4 Å². The molecule has 3 heteroatoms. The Bertz CT molecular complexity index is 397. The maximum atomic E-state index is 10.5. The number of rotatable bonds is 1. The van der Waals surface area contributed by atoms with E-state index in [1.807, 2.05) is 13.8 Å². The topological polar surface area (TPSA) is 60.7 Å². The number of aliphatic hydroxyl groups is 3. The first-order valence-corrected chi connectivity index (χ1v) is 6.97. The molecule has 102 valence electrons. The fourth-order valence-corrected chi connectivity index (χ4v) is 5.20. The van der Waals surface area contributed by atoms with Gasteiger partial charge in [0.1, 0.15) is 0 Å². The summed E-state index contributed by atoms with van der Waals surface area (Å²) < 4.78 is 0. The van der Waals surface area contributed by atoms with Crippen LogP contribution in [0.3, 0.4) is 0 Å². The lowest BCUT2D eigenvalue weighted by Gasteiger charge is -2.53. The molecule has 3 fully saturated rings. The van der Waals surface area contributed by atoms with Crippen LogP contribution < -0.4 is 0 Å². The molecule has 7 atom stereocenters. The molecule has 3 aliphatic rings. The maximum absolute atomic E-state index is 10.5. The lowest BCUT2D eigenvalue weighted by atomic mass is 9.53. The lowest BCUT2D eigenvalue weighted by molar-refractivity contribution is -0.110. The van der Waals surface area contributed by atoms with Crippen molar-refractivity contribution in [3.8, 4) is 0 Å². The van der Waals surface area contributed by atoms with Crippen LogP contribution in [0.5, 0.6) is 0 Å². The third-order valence-electron chi connectivity index (χ3n) is 6.13. The highest BCUT2D eigenvalue weighted by Crippen LogP contribution is 2.68. The molecule has 3 saturated carbocycles. The van der Waals surface area contributed by atoms with E-state index < -0.39 is 17.8 Å². The summed E-state index contributed by atoms with van der Waals surface area (Å²) >= 11 is 0. The molecule has 0 aromatic rings. The van der Waals surface area contributed by atoms with E-state index >= 15 is 0 Å². The molecule has 0 spiro atoms. The quantitative estimate of drug-likeness (QED) is 0.617. The van der Waals surface area contributed by atoms with Gasteiger partial charge in [0.2, 0.25) is 0 Å². The molecule has 3 aliphatic carbocycles. The Morgan fingerprint density at radius 3 is 2.39 bits per heavy atom. The highest BCUT2D eigenvalue weighted by Gasteiger charge is 2.69. The van der Waals surface area contributed by atoms with Crippen LogP contribution in [-0.4, -0.2) is 33.1 Å². The summed E-state index contributed by atoms with van der Waals surface area (Å²) in [4.78, 5) is 0. The van der Waals surface area contributed by atoms with E-state index in [1.54, 1.807) is 0 Å². The van der Waals surface area contributed by atoms with Crippen molar-refractivity contribution in [2.24, 2.45) is 29.1 Å². The van der Waals surface area contributed by atoms with E-state index in [0.29, 0.717) is 0 Å². The summed E-state index contributed by atoms with van der Waals surface area (Å²) in [6, 6.07) is 0. The van der Waals surface area contributed by atoms with Crippen LogP contribution >= 0.6 is 0 Å². The van der Waals surface area contributed by atoms with Crippen LogP contribution in [0, 0.1) is 29.1 Å². The first-order valence-electron chi connectivity index (χ1n) is 6.97. The van der Waals surface area contributed by atoms with Crippen molar-refractivity contribution in [1.82, 2.24) is 0 Å². The Balaban J connectivity index is 2.04. The highest BCUT2D eigenvalue weighted by atomic mass is 16.3. The molecule has 0 amide bonds. The van der Waals surface area contributed by atoms with Gasteiger partial charge in [-0.3, -0.25) is 0 Å². The normalized spacial score (nSPS) is 55.1. The average Bonchev–Trinajstić information content (AvgIpc) is 2.60. The SMILES string of the molecule is C=C1[C@@H]2[C@@H](O)[C@H]3[C@@H]([C@H]2O)[C@@H](C(C)(C)O)CC[C@@]13C. The van der Waals surface area contributed by atoms with Crippen molar-refractivity contribution < 1.29 is 15.3 Å². The zero-order valence-electron chi connectivity index (χ0n) is 11.4. The van der Waals surface area contributed by atoms with Crippen LogP contribution in [0.1, 0.15) is 33.6 Å². The highest BCUT2D eigenvalue weighted by molar-refractivity contribution is 5.34. The lowest BCUT2D eigenvalue weighted by Crippen LogP contribution is -2.53. The maximum Gasteiger partial charge on any atom is 0.0670 e. The van der Waals surface area contributed by atoms with Crippen molar-refractivity contribution in [1.29, 1.82) is 0 Å². The van der Waals surface area contributed by atoms with Gasteiger partial charge in [0.25, 0.3) is 0 Å². The second-order valence-corrected chi connectivity index (χ2v) is 7.35. The minimum atomic E-state index is -0.793. The zero-order chi connectivity index (χ0) is 13.5. The molecule has 0 saturated heterocycles. The minimum absolute atomic E-state index is 0.00856. The van der Waals surface area contributed by atoms with E-state index in [1.165, 1.54) is 0 Å². The van der Waals surface area contributed by atoms with E-state index in [9.17, 15) is 15.3 Å². The predicted molar refractivity (Wildman–Crippen MR) is 68.8 cm³/mol. The number of aliphatic hydroxyl groups excluding tert-OH is 2. The van der Waals surface area contributed by atoms with Gasteiger partial charge in [-0.15, -0.1) is 0 Å². The fourth-order valence-electron chi connectivity index (χ4n) is 5.20. The van der Waals surface area contributed by atoms with Gasteiger partial charge >= 0.3 is 0 Å². The summed E-state index contributed by atoms with van der Waals surface area (Å²) in [6.07, 6.45) is 0.841. The van der Waals surface area contributed by atoms with Crippen LogP contribution in [0.2, 0.25) is 0 Å². The third-order valence-corrected chi connectivity index (χ3v) is 6.13. The Morgan fingerprint density at radius 1 is 1.28 bits per heavy atom. The molecule has 0 aliphatic heterocycles. The molecule has 0 radical (unpaired) electrons. The number of fused-ring (bicyclic) bond motifs is 1. The summed E-state index contributed by atoms with van der Waals surface area (Å²) in [5.41, 5.74) is 0.187. The van der Waals surface area contributed by atoms with Crippen molar-refractivity contribution >= 4 is 0 Å². The van der Waals surface area contributed by atoms with Crippen LogP contribution in [0.4, 0.5) is 0 Å². The largest absolute Gasteiger partial charge is 0.392 e. The Morgan fingerprint density at radius 2 is 1.89 bits per heavy atom. The molecule has 0 unspecified atom stereocenters. The molecule has 2 bridgehead atoms. The van der Waals surface area contributed by atoms with E-state index in [2.05, 4.69) is 13.5 Å². The van der Waals surface area contributed by atoms with Gasteiger partial charge in [0, 0.05) is 11.8 Å². The molecule has 3 rings (SSSR count). The van der Waals surface area contributed by atoms with E-state index in [-0.39, 0.29) is 29.1 Å². The molecule has 0 heterocycles. The molecule has 0 aromatic heterocycles. The Hall–Kier alpha value is -0.380.